The van der Waals surface area contributed by atoms with E-state index in [0.29, 0.717) is 0 Å². The molecule has 3 unspecified atom stereocenters. The smallest absolute Gasteiger partial charge is 0.306 e. The van der Waals surface area contributed by atoms with Gasteiger partial charge in [0.25, 0.3) is 0 Å². The summed E-state index contributed by atoms with van der Waals surface area (Å²) in [5.74, 6) is -0.550. The van der Waals surface area contributed by atoms with Crippen molar-refractivity contribution >= 4 is 5.97 Å². The molecular weight excluding hydrogens is 168 g/mol. The van der Waals surface area contributed by atoms with Crippen LogP contribution in [0, 0.1) is 24.2 Å². The lowest BCUT2D eigenvalue weighted by Gasteiger charge is -2.29. The first-order valence-corrected chi connectivity index (χ1v) is 4.82. The number of carboxylic acids is 1. The number of carbonyl (C=O) groups is 1. The average Bonchev–Trinajstić information content (AvgIpc) is 2.16. The molecule has 0 heterocycles. The Morgan fingerprint density at radius 2 is 2.38 bits per heavy atom. The largest absolute Gasteiger partial charge is 0.481 e. The SMILES string of the molecule is CC(C(=O)O)C1CC[CH]C(CO)C1. The molecule has 3 nitrogen and oxygen atoms in total. The van der Waals surface area contributed by atoms with Crippen molar-refractivity contribution in [3.63, 3.8) is 0 Å². The van der Waals surface area contributed by atoms with Crippen LogP contribution in [0.5, 0.6) is 0 Å². The molecule has 2 N–H and O–H groups in total. The van der Waals surface area contributed by atoms with E-state index >= 15 is 0 Å². The Labute approximate surface area is 78.8 Å². The molecule has 1 radical (unpaired) electrons. The Kier molecular flexibility index (Phi) is 3.72. The van der Waals surface area contributed by atoms with E-state index in [0.717, 1.165) is 19.3 Å². The number of carboxylic acid groups (broad SMARTS) is 1. The summed E-state index contributed by atoms with van der Waals surface area (Å²) in [4.78, 5) is 10.7. The second kappa shape index (κ2) is 4.61. The Morgan fingerprint density at radius 1 is 1.69 bits per heavy atom. The summed E-state index contributed by atoms with van der Waals surface area (Å²) in [7, 11) is 0. The van der Waals surface area contributed by atoms with Gasteiger partial charge in [0.1, 0.15) is 0 Å². The molecule has 0 bridgehead atoms. The average molecular weight is 185 g/mol. The van der Waals surface area contributed by atoms with Crippen molar-refractivity contribution in [2.75, 3.05) is 6.61 Å². The van der Waals surface area contributed by atoms with Crippen molar-refractivity contribution in [2.24, 2.45) is 17.8 Å². The summed E-state index contributed by atoms with van der Waals surface area (Å²) in [5, 5.41) is 17.8. The van der Waals surface area contributed by atoms with Gasteiger partial charge in [-0.3, -0.25) is 4.79 Å². The fourth-order valence-corrected chi connectivity index (χ4v) is 1.95. The first-order valence-electron chi connectivity index (χ1n) is 4.82. The minimum absolute atomic E-state index is 0.156. The first kappa shape index (κ1) is 10.5. The van der Waals surface area contributed by atoms with Crippen molar-refractivity contribution < 1.29 is 15.0 Å². The maximum Gasteiger partial charge on any atom is 0.306 e. The van der Waals surface area contributed by atoms with Gasteiger partial charge in [-0.05, 0) is 37.5 Å². The van der Waals surface area contributed by atoms with Crippen LogP contribution in [0.1, 0.15) is 26.2 Å². The highest BCUT2D eigenvalue weighted by Gasteiger charge is 2.29. The Hall–Kier alpha value is -0.570. The van der Waals surface area contributed by atoms with E-state index in [1.807, 2.05) is 0 Å². The molecular formula is C10H17O3. The lowest BCUT2D eigenvalue weighted by atomic mass is 9.76. The van der Waals surface area contributed by atoms with Gasteiger partial charge >= 0.3 is 5.97 Å². The van der Waals surface area contributed by atoms with Crippen molar-refractivity contribution in [3.05, 3.63) is 6.42 Å². The molecule has 0 aromatic rings. The van der Waals surface area contributed by atoms with Crippen LogP contribution in [-0.2, 0) is 4.79 Å². The van der Waals surface area contributed by atoms with Crippen LogP contribution in [0.4, 0.5) is 0 Å². The minimum Gasteiger partial charge on any atom is -0.481 e. The third kappa shape index (κ3) is 2.69. The lowest BCUT2D eigenvalue weighted by Crippen LogP contribution is -2.27. The molecule has 0 spiro atoms. The van der Waals surface area contributed by atoms with Crippen LogP contribution in [0.15, 0.2) is 0 Å². The van der Waals surface area contributed by atoms with Crippen molar-refractivity contribution in [3.8, 4) is 0 Å². The highest BCUT2D eigenvalue weighted by molar-refractivity contribution is 5.69. The zero-order valence-corrected chi connectivity index (χ0v) is 7.94. The van der Waals surface area contributed by atoms with Gasteiger partial charge in [0, 0.05) is 6.61 Å². The topological polar surface area (TPSA) is 57.5 Å². The molecule has 0 aliphatic heterocycles. The van der Waals surface area contributed by atoms with Gasteiger partial charge < -0.3 is 10.2 Å². The maximum atomic E-state index is 10.7. The van der Waals surface area contributed by atoms with Gasteiger partial charge in [-0.1, -0.05) is 6.92 Å². The van der Waals surface area contributed by atoms with Crippen LogP contribution in [0.2, 0.25) is 0 Å². The quantitative estimate of drug-likeness (QED) is 0.697. The fraction of sp³-hybridized carbons (Fsp3) is 0.800. The van der Waals surface area contributed by atoms with Gasteiger partial charge in [0.2, 0.25) is 0 Å². The van der Waals surface area contributed by atoms with Gasteiger partial charge in [-0.15, -0.1) is 0 Å². The Balaban J connectivity index is 2.46. The first-order chi connectivity index (χ1) is 6.15. The molecule has 1 saturated carbocycles. The number of hydrogen-bond acceptors (Lipinski definition) is 2. The molecule has 1 aliphatic carbocycles. The van der Waals surface area contributed by atoms with Crippen LogP contribution in [-0.4, -0.2) is 22.8 Å². The Bertz CT molecular complexity index is 179. The van der Waals surface area contributed by atoms with Gasteiger partial charge in [0.05, 0.1) is 5.92 Å². The molecule has 1 rings (SSSR count). The van der Waals surface area contributed by atoms with Gasteiger partial charge in [-0.2, -0.15) is 0 Å². The highest BCUT2D eigenvalue weighted by Crippen LogP contribution is 2.32. The second-order valence-corrected chi connectivity index (χ2v) is 3.88. The summed E-state index contributed by atoms with van der Waals surface area (Å²) in [6, 6.07) is 0. The highest BCUT2D eigenvalue weighted by atomic mass is 16.4. The van der Waals surface area contributed by atoms with E-state index in [1.165, 1.54) is 0 Å². The van der Waals surface area contributed by atoms with Crippen molar-refractivity contribution in [2.45, 2.75) is 26.2 Å². The zero-order valence-electron chi connectivity index (χ0n) is 7.94. The number of aliphatic hydroxyl groups excluding tert-OH is 1. The van der Waals surface area contributed by atoms with E-state index in [4.69, 9.17) is 10.2 Å². The third-order valence-corrected chi connectivity index (χ3v) is 2.97. The van der Waals surface area contributed by atoms with E-state index in [9.17, 15) is 4.79 Å². The molecule has 3 atom stereocenters. The number of aliphatic carboxylic acids is 1. The molecule has 1 aliphatic rings. The minimum atomic E-state index is -0.719. The summed E-state index contributed by atoms with van der Waals surface area (Å²) < 4.78 is 0. The van der Waals surface area contributed by atoms with E-state index in [2.05, 4.69) is 6.42 Å². The molecule has 0 aromatic carbocycles. The predicted molar refractivity (Wildman–Crippen MR) is 49.0 cm³/mol. The van der Waals surface area contributed by atoms with Crippen LogP contribution < -0.4 is 0 Å². The van der Waals surface area contributed by atoms with Crippen LogP contribution in [0.3, 0.4) is 0 Å². The molecule has 13 heavy (non-hydrogen) atoms. The van der Waals surface area contributed by atoms with E-state index in [-0.39, 0.29) is 24.4 Å². The number of hydrogen-bond donors (Lipinski definition) is 2. The monoisotopic (exact) mass is 185 g/mol. The maximum absolute atomic E-state index is 10.7. The molecule has 75 valence electrons. The summed E-state index contributed by atoms with van der Waals surface area (Å²) in [6.45, 7) is 1.91. The van der Waals surface area contributed by atoms with Crippen LogP contribution in [0.25, 0.3) is 0 Å². The molecule has 3 heteroatoms. The Morgan fingerprint density at radius 3 is 2.92 bits per heavy atom. The zero-order chi connectivity index (χ0) is 9.84. The number of rotatable bonds is 3. The lowest BCUT2D eigenvalue weighted by molar-refractivity contribution is -0.143. The molecule has 0 aromatic heterocycles. The number of aliphatic hydroxyl groups is 1. The van der Waals surface area contributed by atoms with Gasteiger partial charge in [-0.25, -0.2) is 0 Å². The predicted octanol–water partition coefficient (Wildman–Crippen LogP) is 1.32. The van der Waals surface area contributed by atoms with E-state index < -0.39 is 5.97 Å². The van der Waals surface area contributed by atoms with Crippen molar-refractivity contribution in [1.29, 1.82) is 0 Å². The van der Waals surface area contributed by atoms with Crippen molar-refractivity contribution in [1.82, 2.24) is 0 Å². The summed E-state index contributed by atoms with van der Waals surface area (Å²) >= 11 is 0. The normalized spacial score (nSPS) is 31.2. The molecule has 0 saturated heterocycles. The summed E-state index contributed by atoms with van der Waals surface area (Å²) in [5.41, 5.74) is 0. The third-order valence-electron chi connectivity index (χ3n) is 2.97. The van der Waals surface area contributed by atoms with Crippen LogP contribution >= 0.6 is 0 Å². The van der Waals surface area contributed by atoms with E-state index in [1.54, 1.807) is 6.92 Å². The molecule has 1 fully saturated rings. The van der Waals surface area contributed by atoms with Gasteiger partial charge in [0.15, 0.2) is 0 Å². The molecule has 0 amide bonds. The standard InChI is InChI=1S/C10H17O3/c1-7(10(12)13)9-4-2-3-8(5-9)6-11/h3,7-9,11H,2,4-6H2,1H3,(H,12,13). The second-order valence-electron chi connectivity index (χ2n) is 3.88. The summed E-state index contributed by atoms with van der Waals surface area (Å²) in [6.07, 6.45) is 4.81. The fourth-order valence-electron chi connectivity index (χ4n) is 1.95.